The maximum absolute atomic E-state index is 12.3. The summed E-state index contributed by atoms with van der Waals surface area (Å²) in [7, 11) is 0. The Bertz CT molecular complexity index is 924. The van der Waals surface area contributed by atoms with E-state index >= 15 is 0 Å². The first-order valence-electron chi connectivity index (χ1n) is 6.95. The molecule has 0 saturated heterocycles. The summed E-state index contributed by atoms with van der Waals surface area (Å²) in [5, 5.41) is 0.434. The van der Waals surface area contributed by atoms with Crippen molar-refractivity contribution in [2.24, 2.45) is 0 Å². The van der Waals surface area contributed by atoms with Crippen molar-refractivity contribution in [1.82, 2.24) is 14.6 Å². The second-order valence-electron chi connectivity index (χ2n) is 5.22. The Labute approximate surface area is 124 Å². The summed E-state index contributed by atoms with van der Waals surface area (Å²) in [6, 6.07) is 6.95. The fraction of sp³-hybridized carbons (Fsp3) is 0.200. The molecular weight excluding hydrogens is 284 g/mol. The monoisotopic (exact) mass is 296 g/mol. The van der Waals surface area contributed by atoms with E-state index in [0.717, 1.165) is 17.5 Å². The van der Waals surface area contributed by atoms with Crippen LogP contribution in [0.1, 0.15) is 35.1 Å². The number of amides is 1. The van der Waals surface area contributed by atoms with Crippen molar-refractivity contribution >= 4 is 16.8 Å². The number of para-hydroxylation sites is 1. The predicted molar refractivity (Wildman–Crippen MR) is 78.2 cm³/mol. The van der Waals surface area contributed by atoms with Gasteiger partial charge >= 0.3 is 0 Å². The Morgan fingerprint density at radius 2 is 2.14 bits per heavy atom. The zero-order valence-electron chi connectivity index (χ0n) is 11.5. The minimum absolute atomic E-state index is 0.155. The van der Waals surface area contributed by atoms with E-state index in [4.69, 9.17) is 4.42 Å². The minimum Gasteiger partial charge on any atom is -0.448 e. The number of carbonyl (C=O) groups is 1. The number of oxazole rings is 1. The molecule has 1 N–H and O–H groups in total. The summed E-state index contributed by atoms with van der Waals surface area (Å²) in [6.45, 7) is 0. The topological polar surface area (TPSA) is 90.0 Å². The van der Waals surface area contributed by atoms with Crippen LogP contribution >= 0.6 is 0 Å². The van der Waals surface area contributed by atoms with E-state index in [1.54, 1.807) is 24.3 Å². The van der Waals surface area contributed by atoms with Crippen molar-refractivity contribution in [3.8, 4) is 0 Å². The second-order valence-corrected chi connectivity index (χ2v) is 5.22. The van der Waals surface area contributed by atoms with E-state index in [9.17, 15) is 9.59 Å². The Morgan fingerprint density at radius 1 is 1.32 bits per heavy atom. The molecule has 1 amide bonds. The first-order chi connectivity index (χ1) is 10.7. The fourth-order valence-corrected chi connectivity index (χ4v) is 2.23. The molecule has 4 rings (SSSR count). The molecule has 0 bridgehead atoms. The molecule has 7 nitrogen and oxygen atoms in total. The van der Waals surface area contributed by atoms with Crippen molar-refractivity contribution in [2.75, 3.05) is 5.43 Å². The lowest BCUT2D eigenvalue weighted by molar-refractivity contribution is 0.100. The van der Waals surface area contributed by atoms with E-state index in [1.165, 1.54) is 12.6 Å². The van der Waals surface area contributed by atoms with Crippen molar-refractivity contribution < 1.29 is 9.21 Å². The van der Waals surface area contributed by atoms with Crippen molar-refractivity contribution in [3.05, 3.63) is 58.8 Å². The molecule has 0 aliphatic heterocycles. The number of nitrogens with one attached hydrogen (secondary N) is 1. The van der Waals surface area contributed by atoms with Gasteiger partial charge in [0.2, 0.25) is 0 Å². The van der Waals surface area contributed by atoms with Crippen LogP contribution in [-0.4, -0.2) is 20.6 Å². The number of hydrogen-bond donors (Lipinski definition) is 1. The molecule has 0 radical (unpaired) electrons. The van der Waals surface area contributed by atoms with E-state index in [2.05, 4.69) is 15.4 Å². The number of hydrogen-bond acceptors (Lipinski definition) is 5. The number of aromatic nitrogens is 3. The number of rotatable bonds is 3. The fourth-order valence-electron chi connectivity index (χ4n) is 2.23. The van der Waals surface area contributed by atoms with Crippen LogP contribution in [0.4, 0.5) is 0 Å². The number of carbonyl (C=O) groups excluding carboxylic acids is 1. The molecular formula is C15H12N4O3. The van der Waals surface area contributed by atoms with Gasteiger partial charge < -0.3 is 4.42 Å². The van der Waals surface area contributed by atoms with Crippen LogP contribution in [0.15, 0.2) is 46.1 Å². The summed E-state index contributed by atoms with van der Waals surface area (Å²) in [6.07, 6.45) is 4.66. The Kier molecular flexibility index (Phi) is 2.78. The average Bonchev–Trinajstić information content (AvgIpc) is 3.27. The quantitative estimate of drug-likeness (QED) is 0.793. The predicted octanol–water partition coefficient (Wildman–Crippen LogP) is 1.65. The lowest BCUT2D eigenvalue weighted by Crippen LogP contribution is -2.33. The zero-order chi connectivity index (χ0) is 15.1. The summed E-state index contributed by atoms with van der Waals surface area (Å²) < 4.78 is 6.32. The smallest absolute Gasteiger partial charge is 0.292 e. The van der Waals surface area contributed by atoms with Gasteiger partial charge in [0.05, 0.1) is 10.9 Å². The maximum atomic E-state index is 12.3. The van der Waals surface area contributed by atoms with Gasteiger partial charge in [-0.25, -0.2) is 14.6 Å². The second kappa shape index (κ2) is 4.80. The van der Waals surface area contributed by atoms with Crippen molar-refractivity contribution in [2.45, 2.75) is 18.8 Å². The minimum atomic E-state index is -0.505. The van der Waals surface area contributed by atoms with Crippen molar-refractivity contribution in [3.63, 3.8) is 0 Å². The van der Waals surface area contributed by atoms with Crippen LogP contribution in [0, 0.1) is 0 Å². The van der Waals surface area contributed by atoms with Crippen LogP contribution in [0.5, 0.6) is 0 Å². The van der Waals surface area contributed by atoms with Crippen molar-refractivity contribution in [1.29, 1.82) is 0 Å². The summed E-state index contributed by atoms with van der Waals surface area (Å²) in [5.41, 5.74) is 2.86. The number of nitrogens with zero attached hydrogens (tertiary/aromatic N) is 3. The molecule has 110 valence electrons. The highest BCUT2D eigenvalue weighted by molar-refractivity contribution is 5.98. The molecule has 1 aliphatic rings. The molecule has 1 aromatic carbocycles. The normalized spacial score (nSPS) is 14.2. The highest BCUT2D eigenvalue weighted by Gasteiger charge is 2.29. The van der Waals surface area contributed by atoms with Crippen LogP contribution < -0.4 is 11.0 Å². The van der Waals surface area contributed by atoms with Gasteiger partial charge in [-0.15, -0.1) is 0 Å². The SMILES string of the molecule is O=C(Nn1cnc2ccccc2c1=O)c1coc(C2CC2)n1. The third-order valence-corrected chi connectivity index (χ3v) is 3.57. The molecule has 22 heavy (non-hydrogen) atoms. The van der Waals surface area contributed by atoms with Gasteiger partial charge in [-0.05, 0) is 25.0 Å². The average molecular weight is 296 g/mol. The van der Waals surface area contributed by atoms with Gasteiger partial charge in [-0.2, -0.15) is 0 Å². The molecule has 0 atom stereocenters. The first kappa shape index (κ1) is 12.8. The van der Waals surface area contributed by atoms with Gasteiger partial charge in [0.1, 0.15) is 12.6 Å². The summed E-state index contributed by atoms with van der Waals surface area (Å²) in [4.78, 5) is 32.7. The van der Waals surface area contributed by atoms with E-state index < -0.39 is 5.91 Å². The Hall–Kier alpha value is -2.96. The Balaban J connectivity index is 1.63. The molecule has 1 fully saturated rings. The van der Waals surface area contributed by atoms with E-state index in [1.807, 2.05) is 0 Å². The van der Waals surface area contributed by atoms with Crippen LogP contribution in [-0.2, 0) is 0 Å². The van der Waals surface area contributed by atoms with Gasteiger partial charge in [0.25, 0.3) is 11.5 Å². The maximum Gasteiger partial charge on any atom is 0.292 e. The number of benzene rings is 1. The molecule has 3 aromatic rings. The summed E-state index contributed by atoms with van der Waals surface area (Å²) in [5.74, 6) is 0.399. The first-order valence-corrected chi connectivity index (χ1v) is 6.95. The third-order valence-electron chi connectivity index (χ3n) is 3.57. The highest BCUT2D eigenvalue weighted by Crippen LogP contribution is 2.39. The Morgan fingerprint density at radius 3 is 2.95 bits per heavy atom. The largest absolute Gasteiger partial charge is 0.448 e. The molecule has 0 spiro atoms. The highest BCUT2D eigenvalue weighted by atomic mass is 16.3. The van der Waals surface area contributed by atoms with Gasteiger partial charge in [0, 0.05) is 5.92 Å². The van der Waals surface area contributed by atoms with Crippen LogP contribution in [0.2, 0.25) is 0 Å². The van der Waals surface area contributed by atoms with Crippen LogP contribution in [0.25, 0.3) is 10.9 Å². The molecule has 0 unspecified atom stereocenters. The third kappa shape index (κ3) is 2.16. The van der Waals surface area contributed by atoms with Gasteiger partial charge in [-0.1, -0.05) is 12.1 Å². The summed E-state index contributed by atoms with van der Waals surface area (Å²) >= 11 is 0. The van der Waals surface area contributed by atoms with E-state index in [0.29, 0.717) is 22.7 Å². The number of fused-ring (bicyclic) bond motifs is 1. The molecule has 2 heterocycles. The van der Waals surface area contributed by atoms with Gasteiger partial charge in [-0.3, -0.25) is 15.0 Å². The lowest BCUT2D eigenvalue weighted by Gasteiger charge is -2.06. The molecule has 2 aromatic heterocycles. The standard InChI is InChI=1S/C15H12N4O3/c20-13(12-7-22-14(17-12)9-5-6-9)18-19-8-16-11-4-2-1-3-10(11)15(19)21/h1-4,7-9H,5-6H2,(H,18,20). The van der Waals surface area contributed by atoms with E-state index in [-0.39, 0.29) is 11.3 Å². The molecule has 7 heteroatoms. The van der Waals surface area contributed by atoms with Gasteiger partial charge in [0.15, 0.2) is 11.6 Å². The molecule has 1 saturated carbocycles. The zero-order valence-corrected chi connectivity index (χ0v) is 11.5. The molecule has 1 aliphatic carbocycles. The van der Waals surface area contributed by atoms with Crippen LogP contribution in [0.3, 0.4) is 0 Å². The lowest BCUT2D eigenvalue weighted by atomic mass is 10.2.